The van der Waals surface area contributed by atoms with E-state index in [0.717, 1.165) is 12.0 Å². The Morgan fingerprint density at radius 3 is 1.95 bits per heavy atom. The van der Waals surface area contributed by atoms with Crippen molar-refractivity contribution in [3.05, 3.63) is 59.7 Å². The number of carbonyl (C=O) groups is 4. The van der Waals surface area contributed by atoms with Crippen molar-refractivity contribution in [3.63, 3.8) is 0 Å². The first kappa shape index (κ1) is 32.1. The lowest BCUT2D eigenvalue weighted by molar-refractivity contribution is -0.147. The molecule has 0 saturated heterocycles. The molecule has 10 heteroatoms. The highest BCUT2D eigenvalue weighted by atomic mass is 16.6. The molecule has 4 amide bonds. The number of alkyl carbamates (subject to hydrolysis) is 1. The van der Waals surface area contributed by atoms with Gasteiger partial charge in [-0.05, 0) is 83.4 Å². The summed E-state index contributed by atoms with van der Waals surface area (Å²) < 4.78 is 10.5. The van der Waals surface area contributed by atoms with Crippen molar-refractivity contribution in [3.8, 4) is 5.75 Å². The number of ether oxygens (including phenoxy) is 2. The van der Waals surface area contributed by atoms with Gasteiger partial charge in [-0.1, -0.05) is 31.2 Å². The number of nitrogens with zero attached hydrogens (tertiary/aromatic N) is 1. The van der Waals surface area contributed by atoms with E-state index >= 15 is 0 Å². The summed E-state index contributed by atoms with van der Waals surface area (Å²) in [5.74, 6) is -1.31. The quantitative estimate of drug-likeness (QED) is 0.399. The molecule has 4 N–H and O–H groups in total. The molecule has 0 aliphatic carbocycles. The van der Waals surface area contributed by atoms with Crippen LogP contribution in [-0.2, 0) is 25.5 Å². The summed E-state index contributed by atoms with van der Waals surface area (Å²) >= 11 is 0. The van der Waals surface area contributed by atoms with Crippen LogP contribution in [0.1, 0.15) is 72.1 Å². The maximum atomic E-state index is 14.2. The summed E-state index contributed by atoms with van der Waals surface area (Å²) in [6.45, 7) is 12.4. The van der Waals surface area contributed by atoms with Gasteiger partial charge in [-0.3, -0.25) is 14.4 Å². The summed E-state index contributed by atoms with van der Waals surface area (Å²) in [4.78, 5) is 54.0. The molecule has 0 aliphatic rings. The number of benzene rings is 2. The summed E-state index contributed by atoms with van der Waals surface area (Å²) in [5.41, 5.74) is 5.82. The smallest absolute Gasteiger partial charge is 0.408 e. The molecule has 0 aliphatic heterocycles. The van der Waals surface area contributed by atoms with Gasteiger partial charge in [0.15, 0.2) is 0 Å². The lowest BCUT2D eigenvalue weighted by Gasteiger charge is -2.43. The van der Waals surface area contributed by atoms with Crippen molar-refractivity contribution in [2.45, 2.75) is 84.5 Å². The molecule has 0 saturated carbocycles. The first-order chi connectivity index (χ1) is 18.6. The molecule has 2 aromatic rings. The Balaban J connectivity index is 2.59. The van der Waals surface area contributed by atoms with Crippen LogP contribution in [0.4, 0.5) is 10.5 Å². The zero-order chi connectivity index (χ0) is 30.3. The van der Waals surface area contributed by atoms with Gasteiger partial charge in [0, 0.05) is 11.2 Å². The third-order valence-electron chi connectivity index (χ3n) is 5.92. The van der Waals surface area contributed by atoms with Crippen LogP contribution < -0.4 is 21.1 Å². The van der Waals surface area contributed by atoms with Crippen molar-refractivity contribution in [1.29, 1.82) is 0 Å². The number of amides is 4. The molecule has 10 nitrogen and oxygen atoms in total. The van der Waals surface area contributed by atoms with Crippen LogP contribution in [-0.4, -0.2) is 53.0 Å². The Morgan fingerprint density at radius 1 is 0.925 bits per heavy atom. The average Bonchev–Trinajstić information content (AvgIpc) is 2.84. The van der Waals surface area contributed by atoms with Gasteiger partial charge in [0.05, 0.1) is 13.5 Å². The first-order valence-corrected chi connectivity index (χ1v) is 13.2. The van der Waals surface area contributed by atoms with Crippen LogP contribution in [0.5, 0.6) is 5.75 Å². The number of carbonyl (C=O) groups excluding carboxylic acids is 4. The van der Waals surface area contributed by atoms with E-state index in [1.165, 1.54) is 4.90 Å². The Morgan fingerprint density at radius 2 is 1.50 bits per heavy atom. The fourth-order valence-corrected chi connectivity index (χ4v) is 4.10. The number of nitrogens with two attached hydrogens (primary N) is 1. The van der Waals surface area contributed by atoms with Crippen LogP contribution in [0.25, 0.3) is 0 Å². The highest BCUT2D eigenvalue weighted by molar-refractivity contribution is 6.00. The van der Waals surface area contributed by atoms with E-state index in [9.17, 15) is 19.2 Å². The lowest BCUT2D eigenvalue weighted by atomic mass is 9.94. The minimum absolute atomic E-state index is 0.479. The number of aryl methyl sites for hydroxylation is 1. The number of hydrogen-bond donors (Lipinski definition) is 3. The van der Waals surface area contributed by atoms with Gasteiger partial charge < -0.3 is 30.7 Å². The molecule has 40 heavy (non-hydrogen) atoms. The molecule has 218 valence electrons. The number of hydrogen-bond acceptors (Lipinski definition) is 6. The molecule has 2 rings (SSSR count). The Labute approximate surface area is 236 Å². The van der Waals surface area contributed by atoms with Crippen molar-refractivity contribution >= 4 is 29.5 Å². The van der Waals surface area contributed by atoms with Crippen molar-refractivity contribution in [2.75, 3.05) is 12.4 Å². The maximum Gasteiger partial charge on any atom is 0.408 e. The molecule has 2 aromatic carbocycles. The molecule has 0 bridgehead atoms. The van der Waals surface area contributed by atoms with Gasteiger partial charge in [-0.25, -0.2) is 4.79 Å². The van der Waals surface area contributed by atoms with Crippen LogP contribution in [0.2, 0.25) is 0 Å². The van der Waals surface area contributed by atoms with Crippen molar-refractivity contribution < 1.29 is 28.7 Å². The van der Waals surface area contributed by atoms with Gasteiger partial charge in [-0.15, -0.1) is 0 Å². The number of rotatable bonds is 10. The summed E-state index contributed by atoms with van der Waals surface area (Å²) in [6.07, 6.45) is -0.565. The second kappa shape index (κ2) is 13.3. The van der Waals surface area contributed by atoms with E-state index in [1.807, 2.05) is 19.1 Å². The molecular formula is C30H42N4O6. The molecule has 0 fully saturated rings. The predicted octanol–water partition coefficient (Wildman–Crippen LogP) is 4.33. The summed E-state index contributed by atoms with van der Waals surface area (Å²) in [7, 11) is 1.55. The lowest BCUT2D eigenvalue weighted by Crippen LogP contribution is -2.58. The van der Waals surface area contributed by atoms with Crippen molar-refractivity contribution in [1.82, 2.24) is 10.2 Å². The van der Waals surface area contributed by atoms with Crippen LogP contribution in [0, 0.1) is 0 Å². The second-order valence-corrected chi connectivity index (χ2v) is 11.5. The summed E-state index contributed by atoms with van der Waals surface area (Å²) in [6, 6.07) is 11.7. The van der Waals surface area contributed by atoms with E-state index in [-0.39, 0.29) is 0 Å². The molecule has 0 aromatic heterocycles. The SMILES string of the molecule is CCc1ccc(C(C(=O)Nc2ccc(OC)cc2)N(C(=O)C(CC(N)=O)NC(=O)OC(C)(C)C)C(C)(C)C)cc1. The molecule has 0 spiro atoms. The number of primary amides is 1. The van der Waals surface area contributed by atoms with Crippen LogP contribution >= 0.6 is 0 Å². The third-order valence-corrected chi connectivity index (χ3v) is 5.92. The maximum absolute atomic E-state index is 14.2. The minimum Gasteiger partial charge on any atom is -0.497 e. The van der Waals surface area contributed by atoms with E-state index in [2.05, 4.69) is 10.6 Å². The van der Waals surface area contributed by atoms with Crippen LogP contribution in [0.3, 0.4) is 0 Å². The number of anilines is 1. The standard InChI is InChI=1S/C30H42N4O6/c1-9-19-10-12-20(13-11-19)25(26(36)32-21-14-16-22(39-8)17-15-21)34(29(2,3)4)27(37)23(18-24(31)35)33-28(38)40-30(5,6)7/h10-17,23,25H,9,18H2,1-8H3,(H2,31,35)(H,32,36)(H,33,38). The van der Waals surface area contributed by atoms with E-state index in [0.29, 0.717) is 17.0 Å². The highest BCUT2D eigenvalue weighted by Crippen LogP contribution is 2.32. The fraction of sp³-hybridized carbons (Fsp3) is 0.467. The van der Waals surface area contributed by atoms with E-state index in [4.69, 9.17) is 15.2 Å². The topological polar surface area (TPSA) is 140 Å². The van der Waals surface area contributed by atoms with Gasteiger partial charge >= 0.3 is 6.09 Å². The Hall–Kier alpha value is -4.08. The Kier molecular flexibility index (Phi) is 10.7. The number of methoxy groups -OCH3 is 1. The third kappa shape index (κ3) is 9.29. The van der Waals surface area contributed by atoms with E-state index in [1.54, 1.807) is 85.1 Å². The second-order valence-electron chi connectivity index (χ2n) is 11.5. The first-order valence-electron chi connectivity index (χ1n) is 13.2. The Bertz CT molecular complexity index is 1180. The van der Waals surface area contributed by atoms with Crippen molar-refractivity contribution in [2.24, 2.45) is 5.73 Å². The molecule has 0 heterocycles. The number of nitrogens with one attached hydrogen (secondary N) is 2. The minimum atomic E-state index is -1.36. The van der Waals surface area contributed by atoms with Gasteiger partial charge in [0.2, 0.25) is 11.8 Å². The molecule has 2 atom stereocenters. The predicted molar refractivity (Wildman–Crippen MR) is 154 cm³/mol. The zero-order valence-electron chi connectivity index (χ0n) is 24.7. The average molecular weight is 555 g/mol. The van der Waals surface area contributed by atoms with E-state index < -0.39 is 53.5 Å². The fourth-order valence-electron chi connectivity index (χ4n) is 4.10. The molecule has 2 unspecified atom stereocenters. The normalized spacial score (nSPS) is 13.0. The largest absolute Gasteiger partial charge is 0.497 e. The van der Waals surface area contributed by atoms with Crippen LogP contribution in [0.15, 0.2) is 48.5 Å². The van der Waals surface area contributed by atoms with Gasteiger partial charge in [-0.2, -0.15) is 0 Å². The molecule has 0 radical (unpaired) electrons. The van der Waals surface area contributed by atoms with Gasteiger partial charge in [0.25, 0.3) is 5.91 Å². The zero-order valence-corrected chi connectivity index (χ0v) is 24.7. The molecular weight excluding hydrogens is 512 g/mol. The monoisotopic (exact) mass is 554 g/mol. The van der Waals surface area contributed by atoms with Gasteiger partial charge in [0.1, 0.15) is 23.4 Å². The summed E-state index contributed by atoms with van der Waals surface area (Å²) in [5, 5.41) is 5.37. The highest BCUT2D eigenvalue weighted by Gasteiger charge is 2.42.